The van der Waals surface area contributed by atoms with Gasteiger partial charge in [-0.15, -0.1) is 0 Å². The van der Waals surface area contributed by atoms with Gasteiger partial charge in [-0.25, -0.2) is 0 Å². The van der Waals surface area contributed by atoms with Crippen molar-refractivity contribution >= 4 is 22.4 Å². The Morgan fingerprint density at radius 1 is 0.833 bits per heavy atom. The van der Waals surface area contributed by atoms with Gasteiger partial charge in [0.05, 0.1) is 0 Å². The number of halogens is 1. The fraction of sp³-hybridized carbons (Fsp3) is 0.565. The molecule has 130 valence electrons. The van der Waals surface area contributed by atoms with Gasteiger partial charge in [0.25, 0.3) is 0 Å². The van der Waals surface area contributed by atoms with Crippen LogP contribution in [0.5, 0.6) is 0 Å². The normalized spacial score (nSPS) is 21.2. The molecular formula is C23H31Cl. The molecule has 0 N–H and O–H groups in total. The summed E-state index contributed by atoms with van der Waals surface area (Å²) >= 11 is 6.09. The molecule has 0 spiro atoms. The fourth-order valence-corrected chi connectivity index (χ4v) is 4.49. The quantitative estimate of drug-likeness (QED) is 0.445. The zero-order chi connectivity index (χ0) is 16.8. The van der Waals surface area contributed by atoms with E-state index in [1.165, 1.54) is 80.5 Å². The Labute approximate surface area is 152 Å². The molecule has 0 nitrogen and oxygen atoms in total. The Kier molecular flexibility index (Phi) is 6.60. The minimum atomic E-state index is 0.765. The Hall–Kier alpha value is -1.01. The average molecular weight is 343 g/mol. The van der Waals surface area contributed by atoms with Crippen LogP contribution in [0, 0.1) is 5.92 Å². The lowest BCUT2D eigenvalue weighted by Gasteiger charge is -2.29. The highest BCUT2D eigenvalue weighted by molar-refractivity contribution is 6.31. The third kappa shape index (κ3) is 4.76. The van der Waals surface area contributed by atoms with Gasteiger partial charge in [-0.05, 0) is 66.0 Å². The summed E-state index contributed by atoms with van der Waals surface area (Å²) < 4.78 is 0. The molecular weight excluding hydrogens is 312 g/mol. The van der Waals surface area contributed by atoms with Crippen LogP contribution in [0.3, 0.4) is 0 Å². The van der Waals surface area contributed by atoms with Gasteiger partial charge in [0, 0.05) is 5.02 Å². The standard InChI is InChI=1S/C23H31Cl/c1-2-3-4-5-6-7-18-8-10-19(11-9-18)20-12-13-22-17-23(24)15-14-21(22)16-20/h12-19H,2-11H2,1H3. The van der Waals surface area contributed by atoms with Gasteiger partial charge in [0.1, 0.15) is 0 Å². The lowest BCUT2D eigenvalue weighted by atomic mass is 9.77. The second kappa shape index (κ2) is 8.90. The van der Waals surface area contributed by atoms with Crippen LogP contribution in [-0.4, -0.2) is 0 Å². The highest BCUT2D eigenvalue weighted by Crippen LogP contribution is 2.38. The summed E-state index contributed by atoms with van der Waals surface area (Å²) in [5, 5.41) is 3.41. The number of rotatable bonds is 7. The van der Waals surface area contributed by atoms with Gasteiger partial charge in [-0.2, -0.15) is 0 Å². The predicted octanol–water partition coefficient (Wildman–Crippen LogP) is 8.13. The first-order chi connectivity index (χ1) is 11.8. The topological polar surface area (TPSA) is 0 Å². The zero-order valence-corrected chi connectivity index (χ0v) is 15.8. The molecule has 0 atom stereocenters. The Morgan fingerprint density at radius 2 is 1.54 bits per heavy atom. The molecule has 0 saturated heterocycles. The molecule has 1 aliphatic rings. The second-order valence-electron chi connectivity index (χ2n) is 7.67. The molecule has 2 aromatic carbocycles. The van der Waals surface area contributed by atoms with Crippen molar-refractivity contribution in [3.05, 3.63) is 47.0 Å². The van der Waals surface area contributed by atoms with E-state index in [0.29, 0.717) is 0 Å². The largest absolute Gasteiger partial charge is 0.0843 e. The molecule has 1 fully saturated rings. The number of hydrogen-bond donors (Lipinski definition) is 0. The van der Waals surface area contributed by atoms with E-state index in [0.717, 1.165) is 16.9 Å². The molecule has 24 heavy (non-hydrogen) atoms. The third-order valence-corrected chi connectivity index (χ3v) is 6.10. The van der Waals surface area contributed by atoms with Gasteiger partial charge in [0.2, 0.25) is 0 Å². The molecule has 0 bridgehead atoms. The maximum atomic E-state index is 6.09. The lowest BCUT2D eigenvalue weighted by molar-refractivity contribution is 0.302. The molecule has 0 amide bonds. The van der Waals surface area contributed by atoms with Crippen molar-refractivity contribution < 1.29 is 0 Å². The summed E-state index contributed by atoms with van der Waals surface area (Å²) in [6, 6.07) is 13.2. The molecule has 3 rings (SSSR count). The smallest absolute Gasteiger partial charge is 0.0412 e. The van der Waals surface area contributed by atoms with Crippen LogP contribution in [-0.2, 0) is 0 Å². The van der Waals surface area contributed by atoms with E-state index in [9.17, 15) is 0 Å². The molecule has 0 radical (unpaired) electrons. The van der Waals surface area contributed by atoms with Crippen molar-refractivity contribution in [2.24, 2.45) is 5.92 Å². The van der Waals surface area contributed by atoms with Crippen molar-refractivity contribution in [3.8, 4) is 0 Å². The maximum absolute atomic E-state index is 6.09. The predicted molar refractivity (Wildman–Crippen MR) is 107 cm³/mol. The monoisotopic (exact) mass is 342 g/mol. The highest BCUT2D eigenvalue weighted by atomic mass is 35.5. The van der Waals surface area contributed by atoms with Crippen LogP contribution in [0.4, 0.5) is 0 Å². The SMILES string of the molecule is CCCCCCCC1CCC(c2ccc3cc(Cl)ccc3c2)CC1. The van der Waals surface area contributed by atoms with Crippen LogP contribution in [0.2, 0.25) is 5.02 Å². The van der Waals surface area contributed by atoms with Crippen molar-refractivity contribution in [2.75, 3.05) is 0 Å². The minimum absolute atomic E-state index is 0.765. The average Bonchev–Trinajstić information content (AvgIpc) is 2.62. The molecule has 2 aromatic rings. The van der Waals surface area contributed by atoms with Crippen molar-refractivity contribution in [3.63, 3.8) is 0 Å². The van der Waals surface area contributed by atoms with Gasteiger partial charge in [-0.3, -0.25) is 0 Å². The van der Waals surface area contributed by atoms with Crippen molar-refractivity contribution in [1.82, 2.24) is 0 Å². The van der Waals surface area contributed by atoms with E-state index in [1.54, 1.807) is 0 Å². The lowest BCUT2D eigenvalue weighted by Crippen LogP contribution is -2.13. The van der Waals surface area contributed by atoms with Crippen LogP contribution < -0.4 is 0 Å². The van der Waals surface area contributed by atoms with Gasteiger partial charge >= 0.3 is 0 Å². The van der Waals surface area contributed by atoms with Crippen LogP contribution in [0.1, 0.15) is 82.6 Å². The minimum Gasteiger partial charge on any atom is -0.0843 e. The number of fused-ring (bicyclic) bond motifs is 1. The van der Waals surface area contributed by atoms with Crippen LogP contribution >= 0.6 is 11.6 Å². The first-order valence-corrected chi connectivity index (χ1v) is 10.3. The molecule has 1 saturated carbocycles. The second-order valence-corrected chi connectivity index (χ2v) is 8.11. The van der Waals surface area contributed by atoms with Crippen LogP contribution in [0.25, 0.3) is 10.8 Å². The number of hydrogen-bond acceptors (Lipinski definition) is 0. The molecule has 1 heteroatoms. The first kappa shape index (κ1) is 17.8. The van der Waals surface area contributed by atoms with Gasteiger partial charge < -0.3 is 0 Å². The first-order valence-electron chi connectivity index (χ1n) is 9.95. The van der Waals surface area contributed by atoms with E-state index in [4.69, 9.17) is 11.6 Å². The summed E-state index contributed by atoms with van der Waals surface area (Å²) in [6.45, 7) is 2.29. The summed E-state index contributed by atoms with van der Waals surface area (Å²) in [6.07, 6.45) is 14.2. The molecule has 1 aliphatic carbocycles. The Balaban J connectivity index is 1.50. The Bertz CT molecular complexity index is 638. The molecule has 0 heterocycles. The fourth-order valence-electron chi connectivity index (χ4n) is 4.31. The maximum Gasteiger partial charge on any atom is 0.0412 e. The van der Waals surface area contributed by atoms with E-state index < -0.39 is 0 Å². The number of benzene rings is 2. The van der Waals surface area contributed by atoms with Crippen molar-refractivity contribution in [1.29, 1.82) is 0 Å². The molecule has 0 unspecified atom stereocenters. The van der Waals surface area contributed by atoms with Gasteiger partial charge in [0.15, 0.2) is 0 Å². The molecule has 0 aliphatic heterocycles. The van der Waals surface area contributed by atoms with Crippen LogP contribution in [0.15, 0.2) is 36.4 Å². The summed E-state index contributed by atoms with van der Waals surface area (Å²) in [5.74, 6) is 1.75. The zero-order valence-electron chi connectivity index (χ0n) is 15.1. The van der Waals surface area contributed by atoms with E-state index >= 15 is 0 Å². The van der Waals surface area contributed by atoms with E-state index in [1.807, 2.05) is 6.07 Å². The highest BCUT2D eigenvalue weighted by Gasteiger charge is 2.22. The van der Waals surface area contributed by atoms with E-state index in [2.05, 4.69) is 37.3 Å². The summed E-state index contributed by atoms with van der Waals surface area (Å²) in [7, 11) is 0. The summed E-state index contributed by atoms with van der Waals surface area (Å²) in [5.41, 5.74) is 1.53. The number of unbranched alkanes of at least 4 members (excludes halogenated alkanes) is 4. The molecule has 0 aromatic heterocycles. The van der Waals surface area contributed by atoms with Gasteiger partial charge in [-0.1, -0.05) is 81.3 Å². The van der Waals surface area contributed by atoms with E-state index in [-0.39, 0.29) is 0 Å². The third-order valence-electron chi connectivity index (χ3n) is 5.86. The Morgan fingerprint density at radius 3 is 2.33 bits per heavy atom. The van der Waals surface area contributed by atoms with Crippen molar-refractivity contribution in [2.45, 2.75) is 77.0 Å². The summed E-state index contributed by atoms with van der Waals surface area (Å²) in [4.78, 5) is 0.